The first-order chi connectivity index (χ1) is 15.6. The first-order valence-corrected chi connectivity index (χ1v) is 10.5. The van der Waals surface area contributed by atoms with Crippen molar-refractivity contribution < 1.29 is 0 Å². The van der Waals surface area contributed by atoms with Crippen LogP contribution < -0.4 is 4.90 Å². The lowest BCUT2D eigenvalue weighted by Gasteiger charge is -2.26. The summed E-state index contributed by atoms with van der Waals surface area (Å²) in [5.41, 5.74) is 7.24. The molecule has 3 aromatic carbocycles. The zero-order valence-electron chi connectivity index (χ0n) is 18.5. The number of aromatic amines is 1. The van der Waals surface area contributed by atoms with Crippen molar-refractivity contribution in [2.45, 2.75) is 6.54 Å². The van der Waals surface area contributed by atoms with Gasteiger partial charge in [-0.15, -0.1) is 0 Å². The number of nitrogens with zero attached hydrogens (tertiary/aromatic N) is 4. The second-order valence-electron chi connectivity index (χ2n) is 7.69. The summed E-state index contributed by atoms with van der Waals surface area (Å²) in [6, 6.07) is 22.9. The van der Waals surface area contributed by atoms with Crippen LogP contribution in [-0.2, 0) is 6.54 Å². The van der Waals surface area contributed by atoms with Crippen molar-refractivity contribution >= 4 is 40.4 Å². The fourth-order valence-corrected chi connectivity index (χ4v) is 3.86. The van der Waals surface area contributed by atoms with E-state index in [1.807, 2.05) is 37.5 Å². The lowest BCUT2D eigenvalue weighted by atomic mass is 10.1. The third-order valence-corrected chi connectivity index (χ3v) is 5.57. The molecule has 160 valence electrons. The fourth-order valence-electron chi connectivity index (χ4n) is 3.86. The zero-order valence-corrected chi connectivity index (χ0v) is 18.5. The molecule has 1 aromatic heterocycles. The highest BCUT2D eigenvalue weighted by Gasteiger charge is 2.15. The van der Waals surface area contributed by atoms with Crippen molar-refractivity contribution in [3.05, 3.63) is 103 Å². The number of aliphatic imine (C=N–C) groups is 1. The Hall–Kier alpha value is -4.12. The van der Waals surface area contributed by atoms with E-state index in [0.29, 0.717) is 0 Å². The van der Waals surface area contributed by atoms with Gasteiger partial charge in [-0.1, -0.05) is 49.1 Å². The third kappa shape index (κ3) is 4.32. The molecule has 0 radical (unpaired) electrons. The van der Waals surface area contributed by atoms with Gasteiger partial charge in [-0.3, -0.25) is 10.1 Å². The van der Waals surface area contributed by atoms with Crippen LogP contribution in [0.3, 0.4) is 0 Å². The Morgan fingerprint density at radius 1 is 1.06 bits per heavy atom. The molecular weight excluding hydrogens is 394 g/mol. The number of allylic oxidation sites excluding steroid dienone is 2. The minimum atomic E-state index is 0.795. The molecule has 5 nitrogen and oxygen atoms in total. The molecule has 0 aliphatic heterocycles. The molecular formula is C27H27N5. The van der Waals surface area contributed by atoms with Crippen molar-refractivity contribution in [1.29, 1.82) is 0 Å². The van der Waals surface area contributed by atoms with E-state index < -0.39 is 0 Å². The largest absolute Gasteiger partial charge is 0.370 e. The summed E-state index contributed by atoms with van der Waals surface area (Å²) in [6.45, 7) is 8.50. The Morgan fingerprint density at radius 3 is 2.62 bits per heavy atom. The number of hydrogen-bond donors (Lipinski definition) is 1. The summed E-state index contributed by atoms with van der Waals surface area (Å²) in [6.07, 6.45) is 5.69. The van der Waals surface area contributed by atoms with Gasteiger partial charge in [0, 0.05) is 43.0 Å². The molecule has 0 unspecified atom stereocenters. The van der Waals surface area contributed by atoms with Gasteiger partial charge in [0.25, 0.3) is 0 Å². The molecule has 0 spiro atoms. The maximum atomic E-state index is 4.26. The van der Waals surface area contributed by atoms with Gasteiger partial charge in [0.15, 0.2) is 0 Å². The molecule has 0 atom stereocenters. The highest BCUT2D eigenvalue weighted by Crippen LogP contribution is 2.36. The number of benzene rings is 3. The van der Waals surface area contributed by atoms with Crippen LogP contribution in [0.25, 0.3) is 16.6 Å². The first kappa shape index (κ1) is 21.1. The van der Waals surface area contributed by atoms with E-state index in [1.165, 1.54) is 5.56 Å². The van der Waals surface area contributed by atoms with E-state index in [1.54, 1.807) is 0 Å². The van der Waals surface area contributed by atoms with E-state index in [4.69, 9.17) is 0 Å². The Balaban J connectivity index is 1.71. The van der Waals surface area contributed by atoms with Gasteiger partial charge in [0.2, 0.25) is 0 Å². The first-order valence-electron chi connectivity index (χ1n) is 10.5. The predicted molar refractivity (Wildman–Crippen MR) is 136 cm³/mol. The predicted octanol–water partition coefficient (Wildman–Crippen LogP) is 6.32. The molecule has 0 aliphatic carbocycles. The van der Waals surface area contributed by atoms with E-state index >= 15 is 0 Å². The molecule has 0 saturated heterocycles. The number of hydrogen-bond acceptors (Lipinski definition) is 4. The van der Waals surface area contributed by atoms with Crippen LogP contribution in [-0.4, -0.2) is 35.9 Å². The number of H-pyrrole nitrogens is 1. The molecule has 4 rings (SSSR count). The molecule has 0 aliphatic rings. The topological polar surface area (TPSA) is 47.5 Å². The Labute approximate surface area is 189 Å². The third-order valence-electron chi connectivity index (χ3n) is 5.57. The molecule has 0 saturated carbocycles. The average Bonchev–Trinajstić information content (AvgIpc) is 3.30. The highest BCUT2D eigenvalue weighted by atomic mass is 15.1. The normalized spacial score (nSPS) is 11.4. The number of nitrogens with one attached hydrogen (secondary N) is 1. The van der Waals surface area contributed by atoms with E-state index in [9.17, 15) is 0 Å². The molecule has 0 bridgehead atoms. The van der Waals surface area contributed by atoms with Crippen LogP contribution in [0.1, 0.15) is 11.1 Å². The maximum Gasteiger partial charge on any atom is 0.0859 e. The Morgan fingerprint density at radius 2 is 1.88 bits per heavy atom. The Kier molecular flexibility index (Phi) is 6.17. The zero-order chi connectivity index (χ0) is 22.5. The van der Waals surface area contributed by atoms with E-state index in [2.05, 4.69) is 99.9 Å². The van der Waals surface area contributed by atoms with E-state index in [-0.39, 0.29) is 0 Å². The van der Waals surface area contributed by atoms with Crippen molar-refractivity contribution in [1.82, 2.24) is 15.1 Å². The standard InChI is InChI=1S/C27H27N5/c1-5-9-26(31(3)19-20-10-7-6-8-11-20)21-13-15-24(28-2)27(16-21)32(4)23-14-12-22-18-29-30-25(22)17-23/h5-18H,1-2,19H2,3-4H3,(H,29,30)/b26-9-. The summed E-state index contributed by atoms with van der Waals surface area (Å²) in [5, 5.41) is 8.25. The van der Waals surface area contributed by atoms with Gasteiger partial charge < -0.3 is 9.80 Å². The smallest absolute Gasteiger partial charge is 0.0859 e. The molecule has 0 amide bonds. The van der Waals surface area contributed by atoms with Gasteiger partial charge in [0.1, 0.15) is 0 Å². The van der Waals surface area contributed by atoms with Crippen LogP contribution in [0.15, 0.2) is 96.7 Å². The van der Waals surface area contributed by atoms with Crippen LogP contribution in [0.2, 0.25) is 0 Å². The van der Waals surface area contributed by atoms with Crippen molar-refractivity contribution in [3.63, 3.8) is 0 Å². The second-order valence-corrected chi connectivity index (χ2v) is 7.69. The van der Waals surface area contributed by atoms with Gasteiger partial charge in [-0.25, -0.2) is 0 Å². The summed E-state index contributed by atoms with van der Waals surface area (Å²) < 4.78 is 0. The monoisotopic (exact) mass is 421 g/mol. The van der Waals surface area contributed by atoms with E-state index in [0.717, 1.165) is 45.8 Å². The molecule has 1 N–H and O–H groups in total. The molecule has 32 heavy (non-hydrogen) atoms. The molecule has 5 heteroatoms. The molecule has 1 heterocycles. The molecule has 0 fully saturated rings. The van der Waals surface area contributed by atoms with Crippen LogP contribution in [0.5, 0.6) is 0 Å². The van der Waals surface area contributed by atoms with Crippen LogP contribution >= 0.6 is 0 Å². The van der Waals surface area contributed by atoms with Gasteiger partial charge in [-0.2, -0.15) is 5.10 Å². The van der Waals surface area contributed by atoms with Gasteiger partial charge in [0.05, 0.1) is 23.1 Å². The summed E-state index contributed by atoms with van der Waals surface area (Å²) in [5.74, 6) is 0. The van der Waals surface area contributed by atoms with Crippen molar-refractivity contribution in [3.8, 4) is 0 Å². The number of fused-ring (bicyclic) bond motifs is 1. The van der Waals surface area contributed by atoms with Crippen molar-refractivity contribution in [2.24, 2.45) is 4.99 Å². The number of anilines is 2. The molecule has 4 aromatic rings. The average molecular weight is 422 g/mol. The lowest BCUT2D eigenvalue weighted by molar-refractivity contribution is 0.475. The maximum absolute atomic E-state index is 4.26. The summed E-state index contributed by atoms with van der Waals surface area (Å²) in [7, 11) is 4.13. The Bertz CT molecular complexity index is 1270. The van der Waals surface area contributed by atoms with Gasteiger partial charge >= 0.3 is 0 Å². The summed E-state index contributed by atoms with van der Waals surface area (Å²) in [4.78, 5) is 8.61. The van der Waals surface area contributed by atoms with Crippen molar-refractivity contribution in [2.75, 3.05) is 19.0 Å². The number of aromatic nitrogens is 2. The number of rotatable bonds is 8. The fraction of sp³-hybridized carbons (Fsp3) is 0.111. The van der Waals surface area contributed by atoms with Gasteiger partial charge in [-0.05, 0) is 48.7 Å². The second kappa shape index (κ2) is 9.35. The quantitative estimate of drug-likeness (QED) is 0.267. The van der Waals surface area contributed by atoms with Crippen LogP contribution in [0.4, 0.5) is 17.1 Å². The SMILES string of the molecule is C=C/C=C(/c1ccc(N=C)c(N(C)c2ccc3cn[nH]c3c2)c1)N(C)Cc1ccccc1. The van der Waals surface area contributed by atoms with Crippen LogP contribution in [0, 0.1) is 0 Å². The lowest BCUT2D eigenvalue weighted by Crippen LogP contribution is -2.17. The minimum absolute atomic E-state index is 0.795. The minimum Gasteiger partial charge on any atom is -0.370 e. The highest BCUT2D eigenvalue weighted by molar-refractivity contribution is 5.86. The summed E-state index contributed by atoms with van der Waals surface area (Å²) >= 11 is 0.